The molecule has 0 amide bonds. The van der Waals surface area contributed by atoms with Crippen LogP contribution in [0.3, 0.4) is 0 Å². The highest BCUT2D eigenvalue weighted by molar-refractivity contribution is 7.99. The Kier molecular flexibility index (Phi) is 4.13. The highest BCUT2D eigenvalue weighted by Crippen LogP contribution is 2.28. The van der Waals surface area contributed by atoms with Crippen molar-refractivity contribution >= 4 is 17.4 Å². The van der Waals surface area contributed by atoms with Gasteiger partial charge in [0.15, 0.2) is 0 Å². The lowest BCUT2D eigenvalue weighted by molar-refractivity contribution is -0.384. The first-order valence-electron chi connectivity index (χ1n) is 5.70. The molecule has 0 radical (unpaired) electrons. The predicted molar refractivity (Wildman–Crippen MR) is 74.1 cm³/mol. The number of benzene rings is 1. The first kappa shape index (κ1) is 13.5. The summed E-state index contributed by atoms with van der Waals surface area (Å²) in [5.41, 5.74) is 6.92. The zero-order valence-corrected chi connectivity index (χ0v) is 11.1. The number of hydrogen-bond acceptors (Lipinski definition) is 5. The van der Waals surface area contributed by atoms with E-state index in [1.807, 2.05) is 19.1 Å². The maximum Gasteiger partial charge on any atom is 0.269 e. The van der Waals surface area contributed by atoms with Crippen LogP contribution in [-0.4, -0.2) is 9.91 Å². The van der Waals surface area contributed by atoms with Crippen molar-refractivity contribution in [1.82, 2.24) is 4.98 Å². The van der Waals surface area contributed by atoms with Crippen molar-refractivity contribution in [2.45, 2.75) is 22.9 Å². The number of rotatable bonds is 4. The molecule has 1 heterocycles. The van der Waals surface area contributed by atoms with Crippen molar-refractivity contribution in [2.24, 2.45) is 5.73 Å². The van der Waals surface area contributed by atoms with Gasteiger partial charge >= 0.3 is 0 Å². The van der Waals surface area contributed by atoms with E-state index in [-0.39, 0.29) is 11.7 Å². The Balaban J connectivity index is 2.16. The number of aromatic nitrogens is 1. The van der Waals surface area contributed by atoms with Gasteiger partial charge in [0.25, 0.3) is 5.69 Å². The molecule has 1 aromatic heterocycles. The quantitative estimate of drug-likeness (QED) is 0.684. The molecule has 0 aliphatic heterocycles. The predicted octanol–water partition coefficient (Wildman–Crippen LogP) is 3.16. The van der Waals surface area contributed by atoms with Crippen LogP contribution in [0.4, 0.5) is 5.69 Å². The van der Waals surface area contributed by atoms with Gasteiger partial charge in [0, 0.05) is 29.3 Å². The van der Waals surface area contributed by atoms with Crippen LogP contribution >= 0.6 is 11.8 Å². The van der Waals surface area contributed by atoms with Gasteiger partial charge < -0.3 is 5.73 Å². The summed E-state index contributed by atoms with van der Waals surface area (Å²) in [6.45, 7) is 1.91. The fourth-order valence-electron chi connectivity index (χ4n) is 1.52. The standard InChI is InChI=1S/C13H13N3O2S/c1-9(14)10-6-7-15-13(8-10)19-12-4-2-11(3-5-12)16(17)18/h2-9H,14H2,1H3. The zero-order chi connectivity index (χ0) is 13.8. The molecule has 2 N–H and O–H groups in total. The number of pyridine rings is 1. The van der Waals surface area contributed by atoms with E-state index >= 15 is 0 Å². The minimum Gasteiger partial charge on any atom is -0.324 e. The first-order chi connectivity index (χ1) is 9.06. The lowest BCUT2D eigenvalue weighted by Crippen LogP contribution is -2.04. The van der Waals surface area contributed by atoms with Crippen LogP contribution in [0.25, 0.3) is 0 Å². The summed E-state index contributed by atoms with van der Waals surface area (Å²) < 4.78 is 0. The number of nitro benzene ring substituents is 1. The molecule has 98 valence electrons. The van der Waals surface area contributed by atoms with Crippen LogP contribution < -0.4 is 5.73 Å². The Morgan fingerprint density at radius 3 is 2.58 bits per heavy atom. The summed E-state index contributed by atoms with van der Waals surface area (Å²) in [5, 5.41) is 11.4. The fourth-order valence-corrected chi connectivity index (χ4v) is 2.34. The molecule has 1 aromatic carbocycles. The van der Waals surface area contributed by atoms with E-state index in [1.165, 1.54) is 23.9 Å². The monoisotopic (exact) mass is 275 g/mol. The number of hydrogen-bond donors (Lipinski definition) is 1. The van der Waals surface area contributed by atoms with Crippen LogP contribution in [0.2, 0.25) is 0 Å². The third kappa shape index (κ3) is 3.52. The topological polar surface area (TPSA) is 82.0 Å². The summed E-state index contributed by atoms with van der Waals surface area (Å²) >= 11 is 1.45. The second kappa shape index (κ2) is 5.81. The van der Waals surface area contributed by atoms with Gasteiger partial charge in [-0.15, -0.1) is 0 Å². The molecule has 6 heteroatoms. The summed E-state index contributed by atoms with van der Waals surface area (Å²) in [7, 11) is 0. The van der Waals surface area contributed by atoms with Gasteiger partial charge in [-0.25, -0.2) is 4.98 Å². The molecule has 19 heavy (non-hydrogen) atoms. The molecule has 0 saturated carbocycles. The number of nitrogens with zero attached hydrogens (tertiary/aromatic N) is 2. The van der Waals surface area contributed by atoms with Gasteiger partial charge in [0.1, 0.15) is 5.03 Å². The van der Waals surface area contributed by atoms with Gasteiger partial charge in [-0.2, -0.15) is 0 Å². The van der Waals surface area contributed by atoms with Crippen LogP contribution in [0, 0.1) is 10.1 Å². The Hall–Kier alpha value is -1.92. The molecule has 0 spiro atoms. The molecule has 0 bridgehead atoms. The maximum atomic E-state index is 10.6. The SMILES string of the molecule is CC(N)c1ccnc(Sc2ccc([N+](=O)[O-])cc2)c1. The van der Waals surface area contributed by atoms with Crippen molar-refractivity contribution in [3.63, 3.8) is 0 Å². The minimum atomic E-state index is -0.413. The van der Waals surface area contributed by atoms with Crippen LogP contribution in [-0.2, 0) is 0 Å². The molecular weight excluding hydrogens is 262 g/mol. The van der Waals surface area contributed by atoms with Crippen molar-refractivity contribution in [3.05, 3.63) is 58.3 Å². The summed E-state index contributed by atoms with van der Waals surface area (Å²) in [5.74, 6) is 0. The molecule has 0 fully saturated rings. The molecule has 2 aromatic rings. The Labute approximate surface area is 115 Å². The number of non-ortho nitro benzene ring substituents is 1. The lowest BCUT2D eigenvalue weighted by atomic mass is 10.1. The molecule has 0 saturated heterocycles. The van der Waals surface area contributed by atoms with Crippen molar-refractivity contribution in [2.75, 3.05) is 0 Å². The summed E-state index contributed by atoms with van der Waals surface area (Å²) in [6.07, 6.45) is 1.71. The Morgan fingerprint density at radius 1 is 1.32 bits per heavy atom. The van der Waals surface area contributed by atoms with Crippen molar-refractivity contribution < 1.29 is 4.92 Å². The van der Waals surface area contributed by atoms with E-state index in [0.29, 0.717) is 0 Å². The third-order valence-electron chi connectivity index (χ3n) is 2.55. The smallest absolute Gasteiger partial charge is 0.269 e. The van der Waals surface area contributed by atoms with Crippen molar-refractivity contribution in [1.29, 1.82) is 0 Å². The molecule has 0 aliphatic carbocycles. The van der Waals surface area contributed by atoms with Crippen molar-refractivity contribution in [3.8, 4) is 0 Å². The van der Waals surface area contributed by atoms with E-state index in [1.54, 1.807) is 18.3 Å². The van der Waals surface area contributed by atoms with E-state index in [4.69, 9.17) is 5.73 Å². The average Bonchev–Trinajstić information content (AvgIpc) is 2.39. The lowest BCUT2D eigenvalue weighted by Gasteiger charge is -2.07. The number of nitrogens with two attached hydrogens (primary N) is 1. The van der Waals surface area contributed by atoms with Crippen LogP contribution in [0.15, 0.2) is 52.5 Å². The van der Waals surface area contributed by atoms with Gasteiger partial charge in [-0.3, -0.25) is 10.1 Å². The van der Waals surface area contributed by atoms with Gasteiger partial charge in [0.05, 0.1) is 4.92 Å². The highest BCUT2D eigenvalue weighted by Gasteiger charge is 2.06. The van der Waals surface area contributed by atoms with Crippen LogP contribution in [0.1, 0.15) is 18.5 Å². The maximum absolute atomic E-state index is 10.6. The van der Waals surface area contributed by atoms with Gasteiger partial charge in [-0.05, 0) is 36.8 Å². The molecule has 0 aliphatic rings. The molecule has 5 nitrogen and oxygen atoms in total. The van der Waals surface area contributed by atoms with Gasteiger partial charge in [0.2, 0.25) is 0 Å². The summed E-state index contributed by atoms with van der Waals surface area (Å²) in [6, 6.07) is 10.2. The average molecular weight is 275 g/mol. The molecular formula is C13H13N3O2S. The first-order valence-corrected chi connectivity index (χ1v) is 6.52. The normalized spacial score (nSPS) is 12.1. The van der Waals surface area contributed by atoms with E-state index in [2.05, 4.69) is 4.98 Å². The molecule has 1 atom stereocenters. The van der Waals surface area contributed by atoms with E-state index in [9.17, 15) is 10.1 Å². The molecule has 1 unspecified atom stereocenters. The second-order valence-electron chi connectivity index (χ2n) is 4.07. The molecule has 2 rings (SSSR count). The fraction of sp³-hybridized carbons (Fsp3) is 0.154. The minimum absolute atomic E-state index is 0.0424. The van der Waals surface area contributed by atoms with E-state index < -0.39 is 4.92 Å². The number of nitro groups is 1. The summed E-state index contributed by atoms with van der Waals surface area (Å²) in [4.78, 5) is 15.3. The Morgan fingerprint density at radius 2 is 2.00 bits per heavy atom. The third-order valence-corrected chi connectivity index (χ3v) is 3.49. The second-order valence-corrected chi connectivity index (χ2v) is 5.16. The zero-order valence-electron chi connectivity index (χ0n) is 10.3. The highest BCUT2D eigenvalue weighted by atomic mass is 32.2. The van der Waals surface area contributed by atoms with Crippen LogP contribution in [0.5, 0.6) is 0 Å². The largest absolute Gasteiger partial charge is 0.324 e. The Bertz CT molecular complexity index is 585. The van der Waals surface area contributed by atoms with Gasteiger partial charge in [-0.1, -0.05) is 11.8 Å². The van der Waals surface area contributed by atoms with E-state index in [0.717, 1.165) is 15.5 Å².